The van der Waals surface area contributed by atoms with E-state index in [0.717, 1.165) is 6.07 Å². The second-order valence-electron chi connectivity index (χ2n) is 3.09. The minimum Gasteiger partial charge on any atom is -0.478 e. The van der Waals surface area contributed by atoms with E-state index >= 15 is 0 Å². The zero-order valence-corrected chi connectivity index (χ0v) is 10.7. The number of carbonyl (C=O) groups is 1. The van der Waals surface area contributed by atoms with E-state index in [1.165, 1.54) is 20.2 Å². The summed E-state index contributed by atoms with van der Waals surface area (Å²) in [5.74, 6) is -1.24. The Morgan fingerprint density at radius 1 is 1.35 bits per heavy atom. The standard InChI is InChI=1S/C9H11ClN2O4S/c1-11-7-4-6(10)8(17(15,16)12-2)3-5(7)9(13)14/h3-4,11-12H,1-2H3,(H,13,14). The molecule has 8 heteroatoms. The molecule has 1 rings (SSSR count). The number of benzene rings is 1. The molecular formula is C9H11ClN2O4S. The van der Waals surface area contributed by atoms with Crippen molar-refractivity contribution in [1.82, 2.24) is 4.72 Å². The number of sulfonamides is 1. The molecule has 0 heterocycles. The highest BCUT2D eigenvalue weighted by atomic mass is 35.5. The fourth-order valence-electron chi connectivity index (χ4n) is 1.25. The van der Waals surface area contributed by atoms with Crippen molar-refractivity contribution >= 4 is 33.3 Å². The second-order valence-corrected chi connectivity index (χ2v) is 5.35. The van der Waals surface area contributed by atoms with Crippen LogP contribution in [0.3, 0.4) is 0 Å². The van der Waals surface area contributed by atoms with Gasteiger partial charge in [-0.15, -0.1) is 0 Å². The molecule has 1 aromatic carbocycles. The highest BCUT2D eigenvalue weighted by Crippen LogP contribution is 2.28. The average molecular weight is 279 g/mol. The highest BCUT2D eigenvalue weighted by molar-refractivity contribution is 7.89. The lowest BCUT2D eigenvalue weighted by molar-refractivity contribution is 0.0697. The third-order valence-corrected chi connectivity index (χ3v) is 4.01. The van der Waals surface area contributed by atoms with Crippen LogP contribution >= 0.6 is 11.6 Å². The van der Waals surface area contributed by atoms with Crippen LogP contribution in [0, 0.1) is 0 Å². The van der Waals surface area contributed by atoms with Crippen molar-refractivity contribution in [3.8, 4) is 0 Å². The molecule has 1 aromatic rings. The van der Waals surface area contributed by atoms with Gasteiger partial charge < -0.3 is 10.4 Å². The molecule has 0 amide bonds. The van der Waals surface area contributed by atoms with Crippen LogP contribution < -0.4 is 10.0 Å². The minimum atomic E-state index is -3.78. The molecule has 0 fully saturated rings. The molecule has 0 aliphatic heterocycles. The molecule has 0 radical (unpaired) electrons. The highest BCUT2D eigenvalue weighted by Gasteiger charge is 2.21. The van der Waals surface area contributed by atoms with Gasteiger partial charge in [0.05, 0.1) is 16.3 Å². The van der Waals surface area contributed by atoms with Gasteiger partial charge in [0.2, 0.25) is 10.0 Å². The third kappa shape index (κ3) is 2.68. The van der Waals surface area contributed by atoms with E-state index in [0.29, 0.717) is 0 Å². The van der Waals surface area contributed by atoms with Crippen LogP contribution in [-0.2, 0) is 10.0 Å². The van der Waals surface area contributed by atoms with E-state index in [-0.39, 0.29) is 21.2 Å². The topological polar surface area (TPSA) is 95.5 Å². The summed E-state index contributed by atoms with van der Waals surface area (Å²) >= 11 is 5.80. The Morgan fingerprint density at radius 2 is 1.94 bits per heavy atom. The normalized spacial score (nSPS) is 11.2. The van der Waals surface area contributed by atoms with E-state index in [1.807, 2.05) is 0 Å². The summed E-state index contributed by atoms with van der Waals surface area (Å²) in [5.41, 5.74) is 0.0864. The van der Waals surface area contributed by atoms with Crippen LogP contribution in [0.4, 0.5) is 5.69 Å². The number of nitrogens with one attached hydrogen (secondary N) is 2. The summed E-state index contributed by atoms with van der Waals surface area (Å²) in [6.45, 7) is 0. The molecule has 3 N–H and O–H groups in total. The van der Waals surface area contributed by atoms with Crippen molar-refractivity contribution in [3.63, 3.8) is 0 Å². The summed E-state index contributed by atoms with van der Waals surface area (Å²) in [6, 6.07) is 2.28. The molecule has 94 valence electrons. The number of hydrogen-bond acceptors (Lipinski definition) is 4. The van der Waals surface area contributed by atoms with Crippen LogP contribution in [0.1, 0.15) is 10.4 Å². The molecule has 0 atom stereocenters. The number of hydrogen-bond donors (Lipinski definition) is 3. The van der Waals surface area contributed by atoms with Crippen LogP contribution in [0.5, 0.6) is 0 Å². The summed E-state index contributed by atoms with van der Waals surface area (Å²) in [6.07, 6.45) is 0. The largest absolute Gasteiger partial charge is 0.478 e. The van der Waals surface area contributed by atoms with Crippen LogP contribution in [-0.4, -0.2) is 33.6 Å². The number of rotatable bonds is 4. The van der Waals surface area contributed by atoms with Crippen molar-refractivity contribution in [3.05, 3.63) is 22.7 Å². The van der Waals surface area contributed by atoms with Crippen molar-refractivity contribution in [2.75, 3.05) is 19.4 Å². The molecule has 0 aliphatic rings. The van der Waals surface area contributed by atoms with E-state index in [9.17, 15) is 13.2 Å². The molecule has 0 aromatic heterocycles. The van der Waals surface area contributed by atoms with Gasteiger partial charge in [0.1, 0.15) is 4.90 Å². The molecular weight excluding hydrogens is 268 g/mol. The van der Waals surface area contributed by atoms with Gasteiger partial charge in [-0.2, -0.15) is 0 Å². The maximum absolute atomic E-state index is 11.6. The van der Waals surface area contributed by atoms with E-state index < -0.39 is 16.0 Å². The van der Waals surface area contributed by atoms with Gasteiger partial charge in [0.25, 0.3) is 0 Å². The third-order valence-electron chi connectivity index (χ3n) is 2.13. The molecule has 17 heavy (non-hydrogen) atoms. The molecule has 6 nitrogen and oxygen atoms in total. The minimum absolute atomic E-state index is 0.0475. The predicted molar refractivity (Wildman–Crippen MR) is 64.2 cm³/mol. The maximum atomic E-state index is 11.6. The second kappa shape index (κ2) is 4.91. The van der Waals surface area contributed by atoms with Crippen LogP contribution in [0.25, 0.3) is 0 Å². The lowest BCUT2D eigenvalue weighted by atomic mass is 10.2. The van der Waals surface area contributed by atoms with Crippen LogP contribution in [0.2, 0.25) is 5.02 Å². The molecule has 0 unspecified atom stereocenters. The Hall–Kier alpha value is -1.31. The van der Waals surface area contributed by atoms with Gasteiger partial charge in [-0.05, 0) is 19.2 Å². The van der Waals surface area contributed by atoms with Crippen molar-refractivity contribution in [1.29, 1.82) is 0 Å². The van der Waals surface area contributed by atoms with Crippen molar-refractivity contribution in [2.45, 2.75) is 4.90 Å². The molecule has 0 aliphatic carbocycles. The number of anilines is 1. The van der Waals surface area contributed by atoms with Crippen molar-refractivity contribution in [2.24, 2.45) is 0 Å². The number of aromatic carboxylic acids is 1. The Balaban J connectivity index is 3.56. The van der Waals surface area contributed by atoms with E-state index in [2.05, 4.69) is 10.0 Å². The first-order valence-electron chi connectivity index (χ1n) is 4.51. The Morgan fingerprint density at radius 3 is 2.35 bits per heavy atom. The summed E-state index contributed by atoms with van der Waals surface area (Å²) in [7, 11) is -1.04. The Kier molecular flexibility index (Phi) is 3.97. The number of halogens is 1. The van der Waals surface area contributed by atoms with Gasteiger partial charge >= 0.3 is 5.97 Å². The zero-order valence-electron chi connectivity index (χ0n) is 9.11. The molecule has 0 bridgehead atoms. The van der Waals surface area contributed by atoms with Gasteiger partial charge in [-0.25, -0.2) is 17.9 Å². The molecule has 0 saturated carbocycles. The predicted octanol–water partition coefficient (Wildman–Crippen LogP) is 0.988. The maximum Gasteiger partial charge on any atom is 0.337 e. The monoisotopic (exact) mass is 278 g/mol. The van der Waals surface area contributed by atoms with E-state index in [4.69, 9.17) is 16.7 Å². The quantitative estimate of drug-likeness (QED) is 0.763. The fourth-order valence-corrected chi connectivity index (χ4v) is 2.53. The summed E-state index contributed by atoms with van der Waals surface area (Å²) in [5, 5.41) is 11.5. The summed E-state index contributed by atoms with van der Waals surface area (Å²) in [4.78, 5) is 10.7. The smallest absolute Gasteiger partial charge is 0.337 e. The number of carboxylic acids is 1. The van der Waals surface area contributed by atoms with Gasteiger partial charge in [0.15, 0.2) is 0 Å². The van der Waals surface area contributed by atoms with Crippen molar-refractivity contribution < 1.29 is 18.3 Å². The Labute approximate surface area is 104 Å². The first-order chi connectivity index (χ1) is 7.83. The zero-order chi connectivity index (χ0) is 13.2. The SMILES string of the molecule is CNc1cc(Cl)c(S(=O)(=O)NC)cc1C(=O)O. The number of carboxylic acid groups (broad SMARTS) is 1. The van der Waals surface area contributed by atoms with Gasteiger partial charge in [-0.1, -0.05) is 11.6 Å². The van der Waals surface area contributed by atoms with Gasteiger partial charge in [0, 0.05) is 7.05 Å². The molecule has 0 spiro atoms. The lowest BCUT2D eigenvalue weighted by Gasteiger charge is -2.10. The molecule has 0 saturated heterocycles. The fraction of sp³-hybridized carbons (Fsp3) is 0.222. The van der Waals surface area contributed by atoms with Gasteiger partial charge in [-0.3, -0.25) is 0 Å². The first kappa shape index (κ1) is 13.8. The first-order valence-corrected chi connectivity index (χ1v) is 6.37. The lowest BCUT2D eigenvalue weighted by Crippen LogP contribution is -2.20. The van der Waals surface area contributed by atoms with Crippen LogP contribution in [0.15, 0.2) is 17.0 Å². The Bertz CT molecular complexity index is 556. The average Bonchev–Trinajstić information content (AvgIpc) is 2.27. The summed E-state index contributed by atoms with van der Waals surface area (Å²) < 4.78 is 25.3. The van der Waals surface area contributed by atoms with E-state index in [1.54, 1.807) is 0 Å².